The van der Waals surface area contributed by atoms with E-state index in [-0.39, 0.29) is 5.91 Å². The first-order chi connectivity index (χ1) is 15.5. The van der Waals surface area contributed by atoms with E-state index in [0.29, 0.717) is 65.9 Å². The minimum Gasteiger partial charge on any atom is -0.493 e. The number of ether oxygens (including phenoxy) is 3. The second-order valence-corrected chi connectivity index (χ2v) is 7.54. The maximum Gasteiger partial charge on any atom is 0.324 e. The van der Waals surface area contributed by atoms with Crippen LogP contribution in [-0.4, -0.2) is 68.5 Å². The van der Waals surface area contributed by atoms with Crippen molar-refractivity contribution in [3.8, 4) is 28.6 Å². The maximum atomic E-state index is 13.1. The van der Waals surface area contributed by atoms with E-state index < -0.39 is 0 Å². The quantitative estimate of drug-likeness (QED) is 0.555. The summed E-state index contributed by atoms with van der Waals surface area (Å²) in [4.78, 5) is 21.3. The Bertz CT molecular complexity index is 1070. The number of aromatic nitrogens is 2. The number of hydrogen-bond acceptors (Lipinski definition) is 8. The van der Waals surface area contributed by atoms with Crippen LogP contribution in [0.2, 0.25) is 5.02 Å². The Morgan fingerprint density at radius 1 is 0.969 bits per heavy atom. The largest absolute Gasteiger partial charge is 0.493 e. The van der Waals surface area contributed by atoms with Gasteiger partial charge in [0.2, 0.25) is 11.6 Å². The van der Waals surface area contributed by atoms with Crippen LogP contribution < -0.4 is 19.1 Å². The lowest BCUT2D eigenvalue weighted by molar-refractivity contribution is 0.0743. The molecule has 1 aliphatic rings. The minimum absolute atomic E-state index is 0.115. The normalized spacial score (nSPS) is 13.8. The van der Waals surface area contributed by atoms with E-state index in [2.05, 4.69) is 10.1 Å². The molecule has 2 heterocycles. The summed E-state index contributed by atoms with van der Waals surface area (Å²) in [5.74, 6) is 1.71. The standard InChI is InChI=1S/C22H23ClN4O5/c1-29-17-12-15(13-18(30-2)19(17)31-3)21(28)26-8-10-27(11-9-26)22-24-20(25-32-22)14-4-6-16(23)7-5-14/h4-7,12-13H,8-11H2,1-3H3. The second-order valence-electron chi connectivity index (χ2n) is 7.10. The number of benzene rings is 2. The molecule has 0 unspecified atom stereocenters. The van der Waals surface area contributed by atoms with Crippen molar-refractivity contribution in [2.45, 2.75) is 0 Å². The molecule has 1 fully saturated rings. The molecule has 0 saturated carbocycles. The Labute approximate surface area is 190 Å². The molecular weight excluding hydrogens is 436 g/mol. The van der Waals surface area contributed by atoms with E-state index in [9.17, 15) is 4.79 Å². The second kappa shape index (κ2) is 9.35. The molecule has 1 aliphatic heterocycles. The number of rotatable bonds is 6. The first-order valence-corrected chi connectivity index (χ1v) is 10.4. The van der Waals surface area contributed by atoms with Crippen molar-refractivity contribution in [3.05, 3.63) is 47.0 Å². The Hall–Kier alpha value is -3.46. The van der Waals surface area contributed by atoms with Gasteiger partial charge in [-0.05, 0) is 36.4 Å². The van der Waals surface area contributed by atoms with Gasteiger partial charge in [0.15, 0.2) is 11.5 Å². The molecule has 10 heteroatoms. The van der Waals surface area contributed by atoms with Gasteiger partial charge in [0.1, 0.15) is 0 Å². The van der Waals surface area contributed by atoms with Crippen LogP contribution in [0.3, 0.4) is 0 Å². The summed E-state index contributed by atoms with van der Waals surface area (Å²) in [6.07, 6.45) is 0. The average molecular weight is 459 g/mol. The molecule has 0 atom stereocenters. The smallest absolute Gasteiger partial charge is 0.324 e. The Kier molecular flexibility index (Phi) is 6.36. The molecule has 168 valence electrons. The number of halogens is 1. The first kappa shape index (κ1) is 21.8. The molecule has 4 rings (SSSR count). The van der Waals surface area contributed by atoms with Gasteiger partial charge in [0.25, 0.3) is 5.91 Å². The lowest BCUT2D eigenvalue weighted by Crippen LogP contribution is -2.49. The highest BCUT2D eigenvalue weighted by Crippen LogP contribution is 2.38. The molecule has 3 aromatic rings. The molecule has 0 bridgehead atoms. The van der Waals surface area contributed by atoms with Gasteiger partial charge in [-0.3, -0.25) is 4.79 Å². The van der Waals surface area contributed by atoms with E-state index in [1.165, 1.54) is 21.3 Å². The van der Waals surface area contributed by atoms with E-state index in [1.807, 2.05) is 17.0 Å². The van der Waals surface area contributed by atoms with Crippen molar-refractivity contribution >= 4 is 23.5 Å². The van der Waals surface area contributed by atoms with Gasteiger partial charge in [-0.1, -0.05) is 16.8 Å². The van der Waals surface area contributed by atoms with Crippen LogP contribution in [0.1, 0.15) is 10.4 Å². The van der Waals surface area contributed by atoms with Crippen molar-refractivity contribution in [1.29, 1.82) is 0 Å². The maximum absolute atomic E-state index is 13.1. The lowest BCUT2D eigenvalue weighted by atomic mass is 10.1. The van der Waals surface area contributed by atoms with Crippen LogP contribution in [0, 0.1) is 0 Å². The number of carbonyl (C=O) groups is 1. The number of hydrogen-bond donors (Lipinski definition) is 0. The van der Waals surface area contributed by atoms with Crippen LogP contribution in [0.4, 0.5) is 6.01 Å². The van der Waals surface area contributed by atoms with Crippen LogP contribution in [-0.2, 0) is 0 Å². The Balaban J connectivity index is 1.44. The van der Waals surface area contributed by atoms with Gasteiger partial charge in [0, 0.05) is 42.3 Å². The van der Waals surface area contributed by atoms with Gasteiger partial charge < -0.3 is 28.5 Å². The zero-order valence-corrected chi connectivity index (χ0v) is 18.8. The fourth-order valence-electron chi connectivity index (χ4n) is 3.55. The summed E-state index contributed by atoms with van der Waals surface area (Å²) in [7, 11) is 4.57. The number of amides is 1. The molecular formula is C22H23ClN4O5. The van der Waals surface area contributed by atoms with E-state index >= 15 is 0 Å². The molecule has 1 aromatic heterocycles. The fourth-order valence-corrected chi connectivity index (χ4v) is 3.67. The lowest BCUT2D eigenvalue weighted by Gasteiger charge is -2.33. The molecule has 1 saturated heterocycles. The van der Waals surface area contributed by atoms with Crippen LogP contribution in [0.5, 0.6) is 17.2 Å². The predicted octanol–water partition coefficient (Wildman–Crippen LogP) is 3.38. The topological polar surface area (TPSA) is 90.2 Å². The van der Waals surface area contributed by atoms with E-state index in [0.717, 1.165) is 5.56 Å². The molecule has 32 heavy (non-hydrogen) atoms. The van der Waals surface area contributed by atoms with Gasteiger partial charge in [-0.2, -0.15) is 4.98 Å². The monoisotopic (exact) mass is 458 g/mol. The Morgan fingerprint density at radius 3 is 2.16 bits per heavy atom. The van der Waals surface area contributed by atoms with Crippen LogP contribution in [0.15, 0.2) is 40.9 Å². The molecule has 9 nitrogen and oxygen atoms in total. The average Bonchev–Trinajstić information content (AvgIpc) is 3.33. The summed E-state index contributed by atoms with van der Waals surface area (Å²) < 4.78 is 21.5. The highest BCUT2D eigenvalue weighted by molar-refractivity contribution is 6.30. The highest BCUT2D eigenvalue weighted by Gasteiger charge is 2.27. The summed E-state index contributed by atoms with van der Waals surface area (Å²) in [6.45, 7) is 2.15. The van der Waals surface area contributed by atoms with Crippen LogP contribution >= 0.6 is 11.6 Å². The number of piperazine rings is 1. The van der Waals surface area contributed by atoms with E-state index in [4.69, 9.17) is 30.3 Å². The third-order valence-electron chi connectivity index (χ3n) is 5.27. The van der Waals surface area contributed by atoms with Gasteiger partial charge >= 0.3 is 6.01 Å². The molecule has 0 spiro atoms. The third kappa shape index (κ3) is 4.29. The summed E-state index contributed by atoms with van der Waals surface area (Å²) >= 11 is 5.93. The third-order valence-corrected chi connectivity index (χ3v) is 5.52. The molecule has 0 radical (unpaired) electrons. The molecule has 1 amide bonds. The van der Waals surface area contributed by atoms with Gasteiger partial charge in [-0.15, -0.1) is 0 Å². The first-order valence-electron chi connectivity index (χ1n) is 9.98. The minimum atomic E-state index is -0.115. The highest BCUT2D eigenvalue weighted by atomic mass is 35.5. The Morgan fingerprint density at radius 2 is 1.59 bits per heavy atom. The van der Waals surface area contributed by atoms with Crippen molar-refractivity contribution in [3.63, 3.8) is 0 Å². The number of anilines is 1. The van der Waals surface area contributed by atoms with E-state index in [1.54, 1.807) is 29.2 Å². The summed E-state index contributed by atoms with van der Waals surface area (Å²) in [5, 5.41) is 4.70. The molecule has 0 N–H and O–H groups in total. The zero-order valence-electron chi connectivity index (χ0n) is 18.0. The van der Waals surface area contributed by atoms with Crippen LogP contribution in [0.25, 0.3) is 11.4 Å². The van der Waals surface area contributed by atoms with Crippen molar-refractivity contribution in [2.75, 3.05) is 52.4 Å². The summed E-state index contributed by atoms with van der Waals surface area (Å²) in [6, 6.07) is 11.0. The van der Waals surface area contributed by atoms with Crippen molar-refractivity contribution in [1.82, 2.24) is 15.0 Å². The van der Waals surface area contributed by atoms with Gasteiger partial charge in [-0.25, -0.2) is 0 Å². The summed E-state index contributed by atoms with van der Waals surface area (Å²) in [5.41, 5.74) is 1.29. The van der Waals surface area contributed by atoms with Gasteiger partial charge in [0.05, 0.1) is 21.3 Å². The fraction of sp³-hybridized carbons (Fsp3) is 0.318. The number of carbonyl (C=O) groups excluding carboxylic acids is 1. The van der Waals surface area contributed by atoms with Crippen molar-refractivity contribution in [2.24, 2.45) is 0 Å². The number of nitrogens with zero attached hydrogens (tertiary/aromatic N) is 4. The zero-order chi connectivity index (χ0) is 22.7. The SMILES string of the molecule is COc1cc(C(=O)N2CCN(c3nc(-c4ccc(Cl)cc4)no3)CC2)cc(OC)c1OC. The molecule has 0 aliphatic carbocycles. The predicted molar refractivity (Wildman–Crippen MR) is 119 cm³/mol. The van der Waals surface area contributed by atoms with Crippen molar-refractivity contribution < 1.29 is 23.5 Å². The number of methoxy groups -OCH3 is 3. The molecule has 2 aromatic carbocycles.